The second-order valence-electron chi connectivity index (χ2n) is 5.34. The molecule has 0 atom stereocenters. The Morgan fingerprint density at radius 2 is 1.91 bits per heavy atom. The number of halogens is 2. The molecule has 7 heteroatoms. The minimum Gasteiger partial charge on any atom is -0.354 e. The van der Waals surface area contributed by atoms with Gasteiger partial charge in [-0.3, -0.25) is 0 Å². The molecule has 1 saturated heterocycles. The maximum Gasteiger partial charge on any atom is 0.225 e. The number of pyridine rings is 1. The molecular formula is C15H17ClFN5. The predicted octanol–water partition coefficient (Wildman–Crippen LogP) is 2.77. The Labute approximate surface area is 133 Å². The Balaban J connectivity index is 1.66. The highest BCUT2D eigenvalue weighted by atomic mass is 35.5. The number of rotatable bonds is 3. The van der Waals surface area contributed by atoms with Crippen LogP contribution >= 0.6 is 11.6 Å². The highest BCUT2D eigenvalue weighted by Crippen LogP contribution is 2.25. The van der Waals surface area contributed by atoms with Crippen LogP contribution in [0, 0.1) is 5.82 Å². The number of piperidine rings is 1. The molecule has 3 rings (SSSR count). The van der Waals surface area contributed by atoms with E-state index in [-0.39, 0.29) is 11.9 Å². The lowest BCUT2D eigenvalue weighted by atomic mass is 10.0. The van der Waals surface area contributed by atoms with Crippen LogP contribution in [0.1, 0.15) is 12.8 Å². The van der Waals surface area contributed by atoms with Gasteiger partial charge in [0.2, 0.25) is 5.95 Å². The van der Waals surface area contributed by atoms with E-state index >= 15 is 0 Å². The molecule has 1 aliphatic rings. The Hall–Kier alpha value is -1.95. The van der Waals surface area contributed by atoms with E-state index in [1.165, 1.54) is 12.3 Å². The summed E-state index contributed by atoms with van der Waals surface area (Å²) in [6.45, 7) is 1.68. The quantitative estimate of drug-likeness (QED) is 0.870. The Morgan fingerprint density at radius 1 is 1.23 bits per heavy atom. The molecule has 1 aliphatic heterocycles. The average molecular weight is 322 g/mol. The van der Waals surface area contributed by atoms with Gasteiger partial charge in [-0.05, 0) is 25.0 Å². The standard InChI is InChI=1S/C15H17ClFN5/c1-21(14-13(17)9-11(16)10-20-14)12-3-7-22(8-4-12)15-18-5-2-6-19-15/h2,5-6,9-10,12H,3-4,7-8H2,1H3. The molecule has 2 aromatic heterocycles. The largest absolute Gasteiger partial charge is 0.354 e. The van der Waals surface area contributed by atoms with Crippen molar-refractivity contribution in [3.63, 3.8) is 0 Å². The third-order valence-electron chi connectivity index (χ3n) is 3.97. The van der Waals surface area contributed by atoms with Gasteiger partial charge in [-0.1, -0.05) is 11.6 Å². The minimum absolute atomic E-state index is 0.239. The summed E-state index contributed by atoms with van der Waals surface area (Å²) in [5, 5.41) is 0.311. The fourth-order valence-electron chi connectivity index (χ4n) is 2.75. The van der Waals surface area contributed by atoms with Gasteiger partial charge in [0.25, 0.3) is 0 Å². The first kappa shape index (κ1) is 15.0. The first-order valence-corrected chi connectivity index (χ1v) is 7.59. The summed E-state index contributed by atoms with van der Waals surface area (Å²) in [7, 11) is 1.87. The van der Waals surface area contributed by atoms with E-state index in [2.05, 4.69) is 19.9 Å². The van der Waals surface area contributed by atoms with E-state index in [1.807, 2.05) is 11.9 Å². The first-order valence-electron chi connectivity index (χ1n) is 7.21. The number of hydrogen-bond acceptors (Lipinski definition) is 5. The van der Waals surface area contributed by atoms with E-state index in [1.54, 1.807) is 18.5 Å². The molecule has 0 bridgehead atoms. The van der Waals surface area contributed by atoms with Crippen LogP contribution in [0.2, 0.25) is 5.02 Å². The van der Waals surface area contributed by atoms with E-state index < -0.39 is 0 Å². The normalized spacial score (nSPS) is 15.9. The fourth-order valence-corrected chi connectivity index (χ4v) is 2.89. The second kappa shape index (κ2) is 6.44. The molecule has 0 amide bonds. The zero-order chi connectivity index (χ0) is 15.5. The van der Waals surface area contributed by atoms with Crippen molar-refractivity contribution in [2.24, 2.45) is 0 Å². The number of nitrogens with zero attached hydrogens (tertiary/aromatic N) is 5. The monoisotopic (exact) mass is 321 g/mol. The molecule has 116 valence electrons. The molecule has 3 heterocycles. The molecule has 0 N–H and O–H groups in total. The van der Waals surface area contributed by atoms with Crippen molar-refractivity contribution in [1.29, 1.82) is 0 Å². The van der Waals surface area contributed by atoms with E-state index in [0.717, 1.165) is 31.9 Å². The van der Waals surface area contributed by atoms with Gasteiger partial charge in [-0.2, -0.15) is 0 Å². The van der Waals surface area contributed by atoms with Crippen LogP contribution in [0.3, 0.4) is 0 Å². The summed E-state index contributed by atoms with van der Waals surface area (Å²) in [5.74, 6) is 0.710. The van der Waals surface area contributed by atoms with Crippen LogP contribution in [0.4, 0.5) is 16.2 Å². The summed E-state index contributed by atoms with van der Waals surface area (Å²) in [6, 6.07) is 3.34. The van der Waals surface area contributed by atoms with Gasteiger partial charge in [0.05, 0.1) is 5.02 Å². The topological polar surface area (TPSA) is 45.2 Å². The summed E-state index contributed by atoms with van der Waals surface area (Å²) in [6.07, 6.45) is 6.77. The zero-order valence-corrected chi connectivity index (χ0v) is 13.0. The maximum atomic E-state index is 14.0. The fraction of sp³-hybridized carbons (Fsp3) is 0.400. The van der Waals surface area contributed by atoms with Gasteiger partial charge in [-0.25, -0.2) is 19.3 Å². The summed E-state index contributed by atoms with van der Waals surface area (Å²) >= 11 is 5.75. The van der Waals surface area contributed by atoms with Crippen molar-refractivity contribution in [1.82, 2.24) is 15.0 Å². The third-order valence-corrected chi connectivity index (χ3v) is 4.18. The van der Waals surface area contributed by atoms with Gasteiger partial charge in [0, 0.05) is 44.8 Å². The van der Waals surface area contributed by atoms with Crippen LogP contribution < -0.4 is 9.80 Å². The smallest absolute Gasteiger partial charge is 0.225 e. The molecule has 0 unspecified atom stereocenters. The summed E-state index contributed by atoms with van der Waals surface area (Å²) in [4.78, 5) is 16.7. The van der Waals surface area contributed by atoms with E-state index in [4.69, 9.17) is 11.6 Å². The Kier molecular flexibility index (Phi) is 4.38. The van der Waals surface area contributed by atoms with Crippen molar-refractivity contribution in [2.45, 2.75) is 18.9 Å². The second-order valence-corrected chi connectivity index (χ2v) is 5.77. The highest BCUT2D eigenvalue weighted by Gasteiger charge is 2.25. The molecule has 0 radical (unpaired) electrons. The van der Waals surface area contributed by atoms with Gasteiger partial charge >= 0.3 is 0 Å². The van der Waals surface area contributed by atoms with Crippen molar-refractivity contribution in [3.05, 3.63) is 41.6 Å². The number of hydrogen-bond donors (Lipinski definition) is 0. The van der Waals surface area contributed by atoms with Gasteiger partial charge in [0.1, 0.15) is 0 Å². The van der Waals surface area contributed by atoms with Crippen molar-refractivity contribution in [3.8, 4) is 0 Å². The van der Waals surface area contributed by atoms with Crippen molar-refractivity contribution < 1.29 is 4.39 Å². The van der Waals surface area contributed by atoms with Crippen molar-refractivity contribution in [2.75, 3.05) is 29.9 Å². The molecule has 2 aromatic rings. The zero-order valence-electron chi connectivity index (χ0n) is 12.3. The summed E-state index contributed by atoms with van der Waals surface area (Å²) in [5.41, 5.74) is 0. The predicted molar refractivity (Wildman–Crippen MR) is 84.9 cm³/mol. The lowest BCUT2D eigenvalue weighted by Crippen LogP contribution is -2.44. The summed E-state index contributed by atoms with van der Waals surface area (Å²) < 4.78 is 14.0. The van der Waals surface area contributed by atoms with Crippen molar-refractivity contribution >= 4 is 23.4 Å². The molecule has 1 fully saturated rings. The minimum atomic E-state index is -0.385. The lowest BCUT2D eigenvalue weighted by Gasteiger charge is -2.37. The molecule has 0 aliphatic carbocycles. The first-order chi connectivity index (χ1) is 10.6. The molecule has 0 aromatic carbocycles. The molecule has 5 nitrogen and oxygen atoms in total. The third kappa shape index (κ3) is 3.11. The van der Waals surface area contributed by atoms with Gasteiger partial charge in [0.15, 0.2) is 11.6 Å². The van der Waals surface area contributed by atoms with Crippen LogP contribution in [-0.2, 0) is 0 Å². The van der Waals surface area contributed by atoms with E-state index in [9.17, 15) is 4.39 Å². The van der Waals surface area contributed by atoms with Crippen LogP contribution in [0.5, 0.6) is 0 Å². The Bertz CT molecular complexity index is 631. The van der Waals surface area contributed by atoms with Crippen LogP contribution in [0.25, 0.3) is 0 Å². The lowest BCUT2D eigenvalue weighted by molar-refractivity contribution is 0.469. The molecular weight excluding hydrogens is 305 g/mol. The molecule has 0 spiro atoms. The van der Waals surface area contributed by atoms with Gasteiger partial charge in [-0.15, -0.1) is 0 Å². The SMILES string of the molecule is CN(c1ncc(Cl)cc1F)C1CCN(c2ncccn2)CC1. The maximum absolute atomic E-state index is 14.0. The van der Waals surface area contributed by atoms with E-state index in [0.29, 0.717) is 10.8 Å². The average Bonchev–Trinajstić information content (AvgIpc) is 2.55. The number of aromatic nitrogens is 3. The highest BCUT2D eigenvalue weighted by molar-refractivity contribution is 6.30. The van der Waals surface area contributed by atoms with Crippen LogP contribution in [-0.4, -0.2) is 41.1 Å². The van der Waals surface area contributed by atoms with Gasteiger partial charge < -0.3 is 9.80 Å². The molecule has 22 heavy (non-hydrogen) atoms. The van der Waals surface area contributed by atoms with Crippen LogP contribution in [0.15, 0.2) is 30.7 Å². The Morgan fingerprint density at radius 3 is 2.55 bits per heavy atom. The number of anilines is 2. The molecule has 0 saturated carbocycles.